The van der Waals surface area contributed by atoms with Crippen molar-refractivity contribution in [1.82, 2.24) is 23.1 Å². The molecule has 2 atom stereocenters. The molecule has 2 aromatic rings. The highest BCUT2D eigenvalue weighted by Crippen LogP contribution is 2.42. The zero-order valence-electron chi connectivity index (χ0n) is 21.0. The Labute approximate surface area is 216 Å². The second-order valence-corrected chi connectivity index (χ2v) is 13.3. The maximum absolute atomic E-state index is 13.1. The summed E-state index contributed by atoms with van der Waals surface area (Å²) in [7, 11) is -3.41. The third kappa shape index (κ3) is 4.41. The molecule has 0 unspecified atom stereocenters. The van der Waals surface area contributed by atoms with Crippen LogP contribution in [0, 0.1) is 23.2 Å². The predicted octanol–water partition coefficient (Wildman–Crippen LogP) is 1.60. The molecule has 11 nitrogen and oxygen atoms in total. The molecular formula is C25H33N7O4S. The number of hydrogen-bond donors (Lipinski definition) is 2. The van der Waals surface area contributed by atoms with Crippen molar-refractivity contribution in [3.63, 3.8) is 0 Å². The largest absolute Gasteiger partial charge is 0.388 e. The summed E-state index contributed by atoms with van der Waals surface area (Å²) in [6.45, 7) is 3.88. The van der Waals surface area contributed by atoms with Gasteiger partial charge in [0.25, 0.3) is 15.8 Å². The lowest BCUT2D eigenvalue weighted by molar-refractivity contribution is 0.0266. The Morgan fingerprint density at radius 1 is 1.14 bits per heavy atom. The van der Waals surface area contributed by atoms with E-state index in [1.54, 1.807) is 21.7 Å². The van der Waals surface area contributed by atoms with Crippen molar-refractivity contribution < 1.29 is 13.5 Å². The number of nitrogens with zero attached hydrogens (tertiary/aromatic N) is 6. The van der Waals surface area contributed by atoms with Gasteiger partial charge in [0.15, 0.2) is 0 Å². The molecule has 0 bridgehead atoms. The van der Waals surface area contributed by atoms with Gasteiger partial charge in [-0.05, 0) is 69.8 Å². The van der Waals surface area contributed by atoms with Crippen molar-refractivity contribution in [3.8, 4) is 6.07 Å². The van der Waals surface area contributed by atoms with Gasteiger partial charge in [-0.15, -0.1) is 0 Å². The summed E-state index contributed by atoms with van der Waals surface area (Å²) in [5.74, 6) is 1.61. The van der Waals surface area contributed by atoms with Crippen LogP contribution in [-0.4, -0.2) is 74.5 Å². The fourth-order valence-corrected chi connectivity index (χ4v) is 7.96. The van der Waals surface area contributed by atoms with Gasteiger partial charge in [-0.2, -0.15) is 27.3 Å². The summed E-state index contributed by atoms with van der Waals surface area (Å²) in [6, 6.07) is 2.97. The van der Waals surface area contributed by atoms with Crippen LogP contribution in [0.5, 0.6) is 0 Å². The topological polar surface area (TPSA) is 144 Å². The van der Waals surface area contributed by atoms with E-state index in [9.17, 15) is 23.6 Å². The first kappa shape index (κ1) is 24.7. The molecule has 4 fully saturated rings. The molecule has 2 aliphatic carbocycles. The summed E-state index contributed by atoms with van der Waals surface area (Å²) in [6.07, 6.45) is 7.28. The smallest absolute Gasteiger partial charge is 0.281 e. The molecule has 0 aromatic carbocycles. The fraction of sp³-hybridized carbons (Fsp3) is 0.680. The Morgan fingerprint density at radius 3 is 2.49 bits per heavy atom. The first-order valence-electron chi connectivity index (χ1n) is 13.2. The summed E-state index contributed by atoms with van der Waals surface area (Å²) in [5.41, 5.74) is -1.15. The summed E-state index contributed by atoms with van der Waals surface area (Å²) in [5, 5.41) is 24.3. The van der Waals surface area contributed by atoms with Gasteiger partial charge in [0.1, 0.15) is 17.3 Å². The van der Waals surface area contributed by atoms with Gasteiger partial charge in [0.05, 0.1) is 11.6 Å². The zero-order chi connectivity index (χ0) is 25.9. The lowest BCUT2D eigenvalue weighted by Crippen LogP contribution is -2.57. The van der Waals surface area contributed by atoms with Crippen molar-refractivity contribution in [3.05, 3.63) is 28.2 Å². The molecule has 0 radical (unpaired) electrons. The third-order valence-electron chi connectivity index (χ3n) is 8.69. The monoisotopic (exact) mass is 527 g/mol. The number of pyridine rings is 1. The first-order chi connectivity index (χ1) is 17.7. The van der Waals surface area contributed by atoms with Crippen LogP contribution in [0.25, 0.3) is 11.0 Å². The van der Waals surface area contributed by atoms with Crippen LogP contribution < -0.4 is 10.9 Å². The highest BCUT2D eigenvalue weighted by atomic mass is 32.2. The van der Waals surface area contributed by atoms with Gasteiger partial charge in [-0.1, -0.05) is 0 Å². The molecule has 6 rings (SSSR count). The lowest BCUT2D eigenvalue weighted by atomic mass is 9.98. The maximum atomic E-state index is 13.1. The first-order valence-corrected chi connectivity index (χ1v) is 14.6. The second-order valence-electron chi connectivity index (χ2n) is 11.3. The van der Waals surface area contributed by atoms with Crippen molar-refractivity contribution in [1.29, 1.82) is 5.26 Å². The highest BCUT2D eigenvalue weighted by Gasteiger charge is 2.46. The van der Waals surface area contributed by atoms with E-state index in [4.69, 9.17) is 0 Å². The van der Waals surface area contributed by atoms with Gasteiger partial charge in [-0.25, -0.2) is 4.98 Å². The number of nitriles is 1. The SMILES string of the molecule is C[C@@]1(O)CCC[C@H]1n1c(=O)c(C#N)cc2cnc(NC3CCN(S(=O)(=O)N4CC(C5CC5)C4)CC3)nc21. The number of anilines is 1. The van der Waals surface area contributed by atoms with Crippen LogP contribution in [0.4, 0.5) is 5.95 Å². The van der Waals surface area contributed by atoms with Crippen molar-refractivity contribution >= 4 is 27.2 Å². The van der Waals surface area contributed by atoms with Gasteiger partial charge >= 0.3 is 0 Å². The molecule has 4 heterocycles. The Kier molecular flexibility index (Phi) is 6.02. The standard InChI is InChI=1S/C25H33N7O4S/c1-25(34)8-2-3-21(25)32-22-18(11-17(12-26)23(32)33)13-27-24(29-22)28-20-6-9-30(10-7-20)37(35,36)31-14-19(15-31)16-4-5-16/h11,13,16,19-21,34H,2-10,14-15H2,1H3,(H,27,28,29)/t21-,25-/m1/s1. The van der Waals surface area contributed by atoms with E-state index >= 15 is 0 Å². The highest BCUT2D eigenvalue weighted by molar-refractivity contribution is 7.86. The molecule has 2 aliphatic heterocycles. The molecular weight excluding hydrogens is 494 g/mol. The molecule has 2 N–H and O–H groups in total. The quantitative estimate of drug-likeness (QED) is 0.576. The van der Waals surface area contributed by atoms with E-state index in [-0.39, 0.29) is 11.6 Å². The normalized spacial score (nSPS) is 28.3. The van der Waals surface area contributed by atoms with E-state index in [1.807, 2.05) is 6.07 Å². The molecule has 37 heavy (non-hydrogen) atoms. The van der Waals surface area contributed by atoms with Crippen molar-refractivity contribution in [2.24, 2.45) is 11.8 Å². The molecule has 2 aromatic heterocycles. The minimum atomic E-state index is -3.41. The van der Waals surface area contributed by atoms with Crippen LogP contribution in [0.2, 0.25) is 0 Å². The average molecular weight is 528 g/mol. The summed E-state index contributed by atoms with van der Waals surface area (Å²) >= 11 is 0. The molecule has 2 saturated heterocycles. The average Bonchev–Trinajstić information content (AvgIpc) is 3.60. The number of piperidine rings is 1. The third-order valence-corrected chi connectivity index (χ3v) is 10.7. The Balaban J connectivity index is 1.18. The van der Waals surface area contributed by atoms with E-state index in [0.717, 1.165) is 12.3 Å². The fourth-order valence-electron chi connectivity index (χ4n) is 6.20. The van der Waals surface area contributed by atoms with Crippen molar-refractivity contribution in [2.45, 2.75) is 69.6 Å². The number of aromatic nitrogens is 3. The predicted molar refractivity (Wildman–Crippen MR) is 137 cm³/mol. The number of aliphatic hydroxyl groups is 1. The molecule has 2 saturated carbocycles. The minimum absolute atomic E-state index is 0.00116. The van der Waals surface area contributed by atoms with Crippen LogP contribution in [0.15, 0.2) is 17.1 Å². The number of fused-ring (bicyclic) bond motifs is 1. The van der Waals surface area contributed by atoms with Gasteiger partial charge in [-0.3, -0.25) is 9.36 Å². The van der Waals surface area contributed by atoms with E-state index < -0.39 is 27.4 Å². The molecule has 198 valence electrons. The van der Waals surface area contributed by atoms with Gasteiger partial charge in [0, 0.05) is 43.8 Å². The summed E-state index contributed by atoms with van der Waals surface area (Å²) < 4.78 is 30.7. The second kappa shape index (κ2) is 9.01. The number of hydrogen-bond acceptors (Lipinski definition) is 8. The Hall–Kier alpha value is -2.59. The molecule has 4 aliphatic rings. The van der Waals surface area contributed by atoms with E-state index in [1.165, 1.54) is 23.5 Å². The molecule has 0 spiro atoms. The molecule has 0 amide bonds. The maximum Gasteiger partial charge on any atom is 0.281 e. The Bertz CT molecular complexity index is 1420. The van der Waals surface area contributed by atoms with Gasteiger partial charge < -0.3 is 10.4 Å². The van der Waals surface area contributed by atoms with Gasteiger partial charge in [0.2, 0.25) is 5.95 Å². The van der Waals surface area contributed by atoms with Crippen molar-refractivity contribution in [2.75, 3.05) is 31.5 Å². The van der Waals surface area contributed by atoms with Crippen LogP contribution >= 0.6 is 0 Å². The van der Waals surface area contributed by atoms with E-state index in [0.29, 0.717) is 74.8 Å². The molecule has 12 heteroatoms. The van der Waals surface area contributed by atoms with Crippen LogP contribution in [-0.2, 0) is 10.2 Å². The lowest BCUT2D eigenvalue weighted by Gasteiger charge is -2.42. The van der Waals surface area contributed by atoms with Crippen LogP contribution in [0.3, 0.4) is 0 Å². The Morgan fingerprint density at radius 2 is 1.86 bits per heavy atom. The minimum Gasteiger partial charge on any atom is -0.388 e. The number of nitrogens with one attached hydrogen (secondary N) is 1. The van der Waals surface area contributed by atoms with E-state index in [2.05, 4.69) is 15.3 Å². The summed E-state index contributed by atoms with van der Waals surface area (Å²) in [4.78, 5) is 22.2. The zero-order valence-corrected chi connectivity index (χ0v) is 21.8. The van der Waals surface area contributed by atoms with Crippen LogP contribution in [0.1, 0.15) is 63.5 Å². The number of rotatable bonds is 6.